The molecule has 4 N–H and O–H groups in total. The lowest BCUT2D eigenvalue weighted by atomic mass is 10.3. The van der Waals surface area contributed by atoms with Crippen molar-refractivity contribution in [3.63, 3.8) is 0 Å². The van der Waals surface area contributed by atoms with E-state index in [1.54, 1.807) is 0 Å². The third-order valence-corrected chi connectivity index (χ3v) is 1.42. The molecular weight excluding hydrogens is 126 g/mol. The Morgan fingerprint density at radius 3 is 2.40 bits per heavy atom. The van der Waals surface area contributed by atoms with E-state index in [1.807, 2.05) is 0 Å². The average Bonchev–Trinajstić information content (AvgIpc) is 1.98. The van der Waals surface area contributed by atoms with Gasteiger partial charge in [0.1, 0.15) is 0 Å². The third-order valence-electron chi connectivity index (χ3n) is 1.42. The Bertz CT molecular complexity index is 65.9. The highest BCUT2D eigenvalue weighted by molar-refractivity contribution is 4.68. The number of rotatable bonds is 6. The quantitative estimate of drug-likeness (QED) is 0.474. The lowest BCUT2D eigenvalue weighted by Gasteiger charge is -2.15. The van der Waals surface area contributed by atoms with Crippen molar-refractivity contribution in [2.45, 2.75) is 19.9 Å². The third kappa shape index (κ3) is 4.73. The molecule has 1 unspecified atom stereocenters. The van der Waals surface area contributed by atoms with Crippen molar-refractivity contribution < 1.29 is 0 Å². The Morgan fingerprint density at radius 2 is 2.00 bits per heavy atom. The van der Waals surface area contributed by atoms with Gasteiger partial charge in [-0.3, -0.25) is 0 Å². The first-order chi connectivity index (χ1) is 4.85. The summed E-state index contributed by atoms with van der Waals surface area (Å²) in [4.78, 5) is 0. The molecule has 0 aromatic heterocycles. The van der Waals surface area contributed by atoms with Crippen LogP contribution in [0.2, 0.25) is 0 Å². The number of nitrogens with one attached hydrogen (secondary N) is 2. The van der Waals surface area contributed by atoms with Gasteiger partial charge >= 0.3 is 0 Å². The normalized spacial score (nSPS) is 13.5. The van der Waals surface area contributed by atoms with E-state index < -0.39 is 0 Å². The molecule has 0 fully saturated rings. The maximum atomic E-state index is 5.50. The summed E-state index contributed by atoms with van der Waals surface area (Å²) in [5.41, 5.74) is 5.50. The highest BCUT2D eigenvalue weighted by Gasteiger charge is 2.00. The van der Waals surface area contributed by atoms with Crippen molar-refractivity contribution in [2.75, 3.05) is 26.2 Å². The average molecular weight is 145 g/mol. The summed E-state index contributed by atoms with van der Waals surface area (Å²) >= 11 is 0. The van der Waals surface area contributed by atoms with Crippen LogP contribution in [0.4, 0.5) is 0 Å². The summed E-state index contributed by atoms with van der Waals surface area (Å²) in [5.74, 6) is 0. The topological polar surface area (TPSA) is 50.1 Å². The predicted molar refractivity (Wildman–Crippen MR) is 45.1 cm³/mol. The first-order valence-electron chi connectivity index (χ1n) is 3.99. The van der Waals surface area contributed by atoms with E-state index in [2.05, 4.69) is 24.5 Å². The van der Waals surface area contributed by atoms with Gasteiger partial charge in [0.05, 0.1) is 0 Å². The number of hydrogen-bond donors (Lipinski definition) is 3. The van der Waals surface area contributed by atoms with Crippen LogP contribution in [0.15, 0.2) is 0 Å². The second-order valence-corrected chi connectivity index (χ2v) is 2.30. The van der Waals surface area contributed by atoms with Crippen LogP contribution in [0.5, 0.6) is 0 Å². The zero-order valence-electron chi connectivity index (χ0n) is 6.98. The summed E-state index contributed by atoms with van der Waals surface area (Å²) in [6, 6.07) is 0.435. The van der Waals surface area contributed by atoms with Gasteiger partial charge in [-0.15, -0.1) is 0 Å². The van der Waals surface area contributed by atoms with Crippen molar-refractivity contribution in [3.8, 4) is 0 Å². The molecule has 0 spiro atoms. The van der Waals surface area contributed by atoms with Crippen LogP contribution in [-0.4, -0.2) is 32.2 Å². The molecule has 62 valence electrons. The van der Waals surface area contributed by atoms with Crippen LogP contribution >= 0.6 is 0 Å². The highest BCUT2D eigenvalue weighted by atomic mass is 15.0. The Labute approximate surface area is 63.4 Å². The first-order valence-corrected chi connectivity index (χ1v) is 3.99. The molecule has 0 aliphatic heterocycles. The van der Waals surface area contributed by atoms with Gasteiger partial charge in [-0.2, -0.15) is 0 Å². The molecule has 0 amide bonds. The van der Waals surface area contributed by atoms with Gasteiger partial charge in [0, 0.05) is 19.1 Å². The molecule has 0 saturated heterocycles. The van der Waals surface area contributed by atoms with E-state index >= 15 is 0 Å². The van der Waals surface area contributed by atoms with E-state index in [1.165, 1.54) is 0 Å². The molecule has 3 nitrogen and oxygen atoms in total. The van der Waals surface area contributed by atoms with Crippen molar-refractivity contribution >= 4 is 0 Å². The maximum absolute atomic E-state index is 5.50. The van der Waals surface area contributed by atoms with Crippen LogP contribution in [0.3, 0.4) is 0 Å². The summed E-state index contributed by atoms with van der Waals surface area (Å²) in [6.07, 6.45) is 0. The SMILES string of the molecule is CCNCC(CN)NCC. The fraction of sp³-hybridized carbons (Fsp3) is 1.00. The minimum atomic E-state index is 0.435. The second-order valence-electron chi connectivity index (χ2n) is 2.30. The Morgan fingerprint density at radius 1 is 1.30 bits per heavy atom. The predicted octanol–water partition coefficient (Wildman–Crippen LogP) is -0.467. The standard InChI is InChI=1S/C7H19N3/c1-3-9-6-7(5-8)10-4-2/h7,9-10H,3-6,8H2,1-2H3. The minimum absolute atomic E-state index is 0.435. The molecule has 0 saturated carbocycles. The van der Waals surface area contributed by atoms with Gasteiger partial charge in [-0.1, -0.05) is 13.8 Å². The fourth-order valence-electron chi connectivity index (χ4n) is 0.846. The molecule has 0 aromatic carbocycles. The van der Waals surface area contributed by atoms with Gasteiger partial charge in [-0.25, -0.2) is 0 Å². The number of nitrogens with two attached hydrogens (primary N) is 1. The molecule has 0 rings (SSSR count). The zero-order valence-corrected chi connectivity index (χ0v) is 6.98. The zero-order chi connectivity index (χ0) is 7.82. The molecular formula is C7H19N3. The van der Waals surface area contributed by atoms with Crippen molar-refractivity contribution in [1.29, 1.82) is 0 Å². The molecule has 10 heavy (non-hydrogen) atoms. The first kappa shape index (κ1) is 9.88. The van der Waals surface area contributed by atoms with Crippen molar-refractivity contribution in [2.24, 2.45) is 5.73 Å². The smallest absolute Gasteiger partial charge is 0.0315 e. The largest absolute Gasteiger partial charge is 0.329 e. The van der Waals surface area contributed by atoms with E-state index in [0.29, 0.717) is 12.6 Å². The summed E-state index contributed by atoms with van der Waals surface area (Å²) in [5, 5.41) is 6.52. The lowest BCUT2D eigenvalue weighted by molar-refractivity contribution is 0.498. The molecule has 0 aliphatic rings. The molecule has 0 aromatic rings. The number of hydrogen-bond acceptors (Lipinski definition) is 3. The molecule has 0 aliphatic carbocycles. The van der Waals surface area contributed by atoms with Crippen LogP contribution in [-0.2, 0) is 0 Å². The summed E-state index contributed by atoms with van der Waals surface area (Å²) in [7, 11) is 0. The lowest BCUT2D eigenvalue weighted by Crippen LogP contribution is -2.43. The molecule has 1 atom stereocenters. The summed E-state index contributed by atoms with van der Waals surface area (Å²) < 4.78 is 0. The molecule has 0 heterocycles. The maximum Gasteiger partial charge on any atom is 0.0315 e. The second kappa shape index (κ2) is 6.99. The molecule has 0 radical (unpaired) electrons. The van der Waals surface area contributed by atoms with Crippen molar-refractivity contribution in [1.82, 2.24) is 10.6 Å². The van der Waals surface area contributed by atoms with Crippen molar-refractivity contribution in [3.05, 3.63) is 0 Å². The van der Waals surface area contributed by atoms with Gasteiger partial charge in [0.25, 0.3) is 0 Å². The highest BCUT2D eigenvalue weighted by Crippen LogP contribution is 1.75. The minimum Gasteiger partial charge on any atom is -0.329 e. The Kier molecular flexibility index (Phi) is 6.91. The van der Waals surface area contributed by atoms with Crippen LogP contribution in [0.1, 0.15) is 13.8 Å². The van der Waals surface area contributed by atoms with E-state index in [9.17, 15) is 0 Å². The van der Waals surface area contributed by atoms with E-state index in [0.717, 1.165) is 19.6 Å². The van der Waals surface area contributed by atoms with Gasteiger partial charge in [-0.05, 0) is 13.1 Å². The summed E-state index contributed by atoms with van der Waals surface area (Å²) in [6.45, 7) is 7.88. The number of likely N-dealkylation sites (N-methyl/N-ethyl adjacent to an activating group) is 2. The van der Waals surface area contributed by atoms with Crippen LogP contribution in [0.25, 0.3) is 0 Å². The monoisotopic (exact) mass is 145 g/mol. The van der Waals surface area contributed by atoms with E-state index in [-0.39, 0.29) is 0 Å². The van der Waals surface area contributed by atoms with Gasteiger partial charge in [0.2, 0.25) is 0 Å². The van der Waals surface area contributed by atoms with E-state index in [4.69, 9.17) is 5.73 Å². The molecule has 3 heteroatoms. The fourth-order valence-corrected chi connectivity index (χ4v) is 0.846. The molecule has 0 bridgehead atoms. The van der Waals surface area contributed by atoms with Crippen LogP contribution < -0.4 is 16.4 Å². The van der Waals surface area contributed by atoms with Gasteiger partial charge in [0.15, 0.2) is 0 Å². The van der Waals surface area contributed by atoms with Crippen LogP contribution in [0, 0.1) is 0 Å². The Hall–Kier alpha value is -0.120. The van der Waals surface area contributed by atoms with Gasteiger partial charge < -0.3 is 16.4 Å². The Balaban J connectivity index is 3.21.